The molecule has 0 radical (unpaired) electrons. The quantitative estimate of drug-likeness (QED) is 0.629. The molecule has 0 spiro atoms. The van der Waals surface area contributed by atoms with Gasteiger partial charge in [-0.15, -0.1) is 0 Å². The van der Waals surface area contributed by atoms with Crippen molar-refractivity contribution in [3.05, 3.63) is 0 Å². The van der Waals surface area contributed by atoms with Crippen LogP contribution in [0.15, 0.2) is 0 Å². The number of hydrogen-bond acceptors (Lipinski definition) is 3. The van der Waals surface area contributed by atoms with E-state index >= 15 is 0 Å². The lowest BCUT2D eigenvalue weighted by Gasteiger charge is -2.15. The fourth-order valence-electron chi connectivity index (χ4n) is 1.77. The van der Waals surface area contributed by atoms with Crippen LogP contribution in [-0.4, -0.2) is 41.2 Å². The summed E-state index contributed by atoms with van der Waals surface area (Å²) in [4.78, 5) is 22.4. The van der Waals surface area contributed by atoms with Gasteiger partial charge >= 0.3 is 12.0 Å². The predicted octanol–water partition coefficient (Wildman–Crippen LogP) is 1.68. The number of hydrogen-bond donors (Lipinski definition) is 3. The Balaban J connectivity index is 2.21. The molecule has 0 saturated heterocycles. The highest BCUT2D eigenvalue weighted by molar-refractivity contribution is 8.00. The van der Waals surface area contributed by atoms with E-state index in [2.05, 4.69) is 10.6 Å². The van der Waals surface area contributed by atoms with Crippen LogP contribution in [-0.2, 0) is 4.79 Å². The number of aliphatic carboxylic acids is 1. The van der Waals surface area contributed by atoms with Gasteiger partial charge in [0.2, 0.25) is 0 Å². The third kappa shape index (κ3) is 4.76. The summed E-state index contributed by atoms with van der Waals surface area (Å²) in [6.45, 7) is 2.79. The number of carbonyl (C=O) groups is 2. The van der Waals surface area contributed by atoms with Gasteiger partial charge in [0.15, 0.2) is 0 Å². The number of nitrogens with one attached hydrogen (secondary N) is 2. The van der Waals surface area contributed by atoms with Crippen LogP contribution in [0, 0.1) is 5.92 Å². The molecule has 1 atom stereocenters. The maximum Gasteiger partial charge on any atom is 0.314 e. The Morgan fingerprint density at radius 3 is 2.50 bits per heavy atom. The van der Waals surface area contributed by atoms with Crippen LogP contribution in [0.25, 0.3) is 0 Å². The van der Waals surface area contributed by atoms with Crippen molar-refractivity contribution in [2.75, 3.05) is 19.3 Å². The van der Waals surface area contributed by atoms with Crippen LogP contribution in [0.5, 0.6) is 0 Å². The summed E-state index contributed by atoms with van der Waals surface area (Å²) in [5, 5.41) is 14.4. The molecule has 3 N–H and O–H groups in total. The number of rotatable bonds is 8. The van der Waals surface area contributed by atoms with E-state index in [9.17, 15) is 9.59 Å². The van der Waals surface area contributed by atoms with Gasteiger partial charge < -0.3 is 15.7 Å². The van der Waals surface area contributed by atoms with E-state index in [-0.39, 0.29) is 17.3 Å². The molecular weight excluding hydrogens is 252 g/mol. The van der Waals surface area contributed by atoms with E-state index in [1.807, 2.05) is 13.2 Å². The molecule has 0 aromatic carbocycles. The largest absolute Gasteiger partial charge is 0.481 e. The van der Waals surface area contributed by atoms with Crippen LogP contribution in [0.1, 0.15) is 32.6 Å². The fourth-order valence-corrected chi connectivity index (χ4v) is 2.50. The van der Waals surface area contributed by atoms with E-state index in [0.29, 0.717) is 13.0 Å². The van der Waals surface area contributed by atoms with Gasteiger partial charge in [-0.25, -0.2) is 4.79 Å². The summed E-state index contributed by atoms with van der Waals surface area (Å²) in [5.74, 6) is -1.34. The summed E-state index contributed by atoms with van der Waals surface area (Å²) >= 11 is 1.78. The molecule has 5 nitrogen and oxygen atoms in total. The van der Waals surface area contributed by atoms with Crippen molar-refractivity contribution in [1.82, 2.24) is 10.6 Å². The molecule has 0 heterocycles. The van der Waals surface area contributed by atoms with Gasteiger partial charge in [-0.1, -0.05) is 13.3 Å². The zero-order valence-electron chi connectivity index (χ0n) is 11.0. The number of urea groups is 1. The normalized spacial score (nSPS) is 17.9. The van der Waals surface area contributed by atoms with Crippen LogP contribution < -0.4 is 10.6 Å². The number of thioether (sulfide) groups is 1. The number of carboxylic acids is 1. The lowest BCUT2D eigenvalue weighted by molar-refractivity contribution is -0.141. The Kier molecular flexibility index (Phi) is 5.78. The SMILES string of the molecule is CCCC(CNC(=O)NCC1(SC)CC1)C(=O)O. The van der Waals surface area contributed by atoms with Crippen molar-refractivity contribution in [3.63, 3.8) is 0 Å². The van der Waals surface area contributed by atoms with Crippen molar-refractivity contribution in [2.45, 2.75) is 37.4 Å². The minimum atomic E-state index is -0.847. The van der Waals surface area contributed by atoms with Gasteiger partial charge in [-0.2, -0.15) is 11.8 Å². The number of carboxylic acid groups (broad SMARTS) is 1. The van der Waals surface area contributed by atoms with E-state index in [4.69, 9.17) is 5.11 Å². The first kappa shape index (κ1) is 15.1. The molecule has 0 aliphatic heterocycles. The number of amides is 2. The Morgan fingerprint density at radius 1 is 1.39 bits per heavy atom. The second kappa shape index (κ2) is 6.87. The summed E-state index contributed by atoms with van der Waals surface area (Å²) in [6, 6.07) is -0.266. The molecule has 0 bridgehead atoms. The van der Waals surface area contributed by atoms with E-state index < -0.39 is 11.9 Å². The molecule has 104 valence electrons. The predicted molar refractivity (Wildman–Crippen MR) is 72.9 cm³/mol. The molecule has 1 rings (SSSR count). The summed E-state index contributed by atoms with van der Waals surface area (Å²) < 4.78 is 0.229. The van der Waals surface area contributed by atoms with Gasteiger partial charge in [0, 0.05) is 17.8 Å². The highest BCUT2D eigenvalue weighted by atomic mass is 32.2. The lowest BCUT2D eigenvalue weighted by atomic mass is 10.0. The Bertz CT molecular complexity index is 306. The maximum atomic E-state index is 11.5. The van der Waals surface area contributed by atoms with Gasteiger partial charge in [-0.05, 0) is 25.5 Å². The van der Waals surface area contributed by atoms with E-state index in [1.54, 1.807) is 11.8 Å². The Labute approximate surface area is 112 Å². The van der Waals surface area contributed by atoms with Crippen LogP contribution >= 0.6 is 11.8 Å². The molecule has 1 saturated carbocycles. The molecule has 0 aromatic heterocycles. The van der Waals surface area contributed by atoms with Crippen molar-refractivity contribution >= 4 is 23.8 Å². The first-order valence-electron chi connectivity index (χ1n) is 6.32. The molecule has 0 aromatic rings. The van der Waals surface area contributed by atoms with Crippen LogP contribution in [0.4, 0.5) is 4.79 Å². The summed E-state index contributed by atoms with van der Waals surface area (Å²) in [6.07, 6.45) is 5.72. The smallest absolute Gasteiger partial charge is 0.314 e. The van der Waals surface area contributed by atoms with Crippen LogP contribution in [0.3, 0.4) is 0 Å². The first-order chi connectivity index (χ1) is 8.53. The van der Waals surface area contributed by atoms with Crippen molar-refractivity contribution in [1.29, 1.82) is 0 Å². The van der Waals surface area contributed by atoms with Gasteiger partial charge in [-0.3, -0.25) is 4.79 Å². The minimum absolute atomic E-state index is 0.196. The standard InChI is InChI=1S/C12H22N2O3S/c1-3-4-9(10(15)16)7-13-11(17)14-8-12(18-2)5-6-12/h9H,3-8H2,1-2H3,(H,15,16)(H2,13,14,17). The van der Waals surface area contributed by atoms with Gasteiger partial charge in [0.25, 0.3) is 0 Å². The first-order valence-corrected chi connectivity index (χ1v) is 7.55. The fraction of sp³-hybridized carbons (Fsp3) is 0.833. The Hall–Kier alpha value is -0.910. The Morgan fingerprint density at radius 2 is 2.06 bits per heavy atom. The highest BCUT2D eigenvalue weighted by Gasteiger charge is 2.41. The highest BCUT2D eigenvalue weighted by Crippen LogP contribution is 2.46. The third-order valence-electron chi connectivity index (χ3n) is 3.31. The third-order valence-corrected chi connectivity index (χ3v) is 4.73. The molecule has 1 unspecified atom stereocenters. The average Bonchev–Trinajstić information content (AvgIpc) is 3.12. The lowest BCUT2D eigenvalue weighted by Crippen LogP contribution is -2.42. The molecular formula is C12H22N2O3S. The summed E-state index contributed by atoms with van der Waals surface area (Å²) in [7, 11) is 0. The molecule has 18 heavy (non-hydrogen) atoms. The second-order valence-electron chi connectivity index (χ2n) is 4.77. The van der Waals surface area contributed by atoms with Gasteiger partial charge in [0.05, 0.1) is 5.92 Å². The topological polar surface area (TPSA) is 78.4 Å². The molecule has 2 amide bonds. The average molecular weight is 274 g/mol. The molecule has 1 aliphatic rings. The van der Waals surface area contributed by atoms with Crippen LogP contribution in [0.2, 0.25) is 0 Å². The van der Waals surface area contributed by atoms with Crippen molar-refractivity contribution in [3.8, 4) is 0 Å². The zero-order valence-corrected chi connectivity index (χ0v) is 11.8. The molecule has 1 aliphatic carbocycles. The minimum Gasteiger partial charge on any atom is -0.481 e. The van der Waals surface area contributed by atoms with Crippen molar-refractivity contribution < 1.29 is 14.7 Å². The second-order valence-corrected chi connectivity index (χ2v) is 6.05. The molecule has 6 heteroatoms. The van der Waals surface area contributed by atoms with E-state index in [0.717, 1.165) is 19.3 Å². The number of carbonyl (C=O) groups excluding carboxylic acids is 1. The summed E-state index contributed by atoms with van der Waals surface area (Å²) in [5.41, 5.74) is 0. The monoisotopic (exact) mass is 274 g/mol. The van der Waals surface area contributed by atoms with Crippen molar-refractivity contribution in [2.24, 2.45) is 5.92 Å². The zero-order chi connectivity index (χ0) is 13.6. The van der Waals surface area contributed by atoms with E-state index in [1.165, 1.54) is 0 Å². The van der Waals surface area contributed by atoms with Gasteiger partial charge in [0.1, 0.15) is 0 Å². The maximum absolute atomic E-state index is 11.5. The molecule has 1 fully saturated rings.